The average Bonchev–Trinajstić information content (AvgIpc) is 3.24. The SMILES string of the molecule is O=C(N[C@@H](c1ccc(F)cc1)c1nnc(-c2ccccc2)o1)c1ccccc1. The summed E-state index contributed by atoms with van der Waals surface area (Å²) in [5.41, 5.74) is 1.90. The van der Waals surface area contributed by atoms with Gasteiger partial charge in [-0.25, -0.2) is 4.39 Å². The number of nitrogens with one attached hydrogen (secondary N) is 1. The van der Waals surface area contributed by atoms with E-state index in [0.717, 1.165) is 5.56 Å². The summed E-state index contributed by atoms with van der Waals surface area (Å²) in [6.07, 6.45) is 0. The summed E-state index contributed by atoms with van der Waals surface area (Å²) in [5.74, 6) is -0.104. The van der Waals surface area contributed by atoms with Gasteiger partial charge in [-0.1, -0.05) is 48.5 Å². The fraction of sp³-hybridized carbons (Fsp3) is 0.0455. The first-order valence-corrected chi connectivity index (χ1v) is 8.71. The predicted molar refractivity (Wildman–Crippen MR) is 102 cm³/mol. The molecule has 138 valence electrons. The van der Waals surface area contributed by atoms with Crippen LogP contribution < -0.4 is 5.32 Å². The van der Waals surface area contributed by atoms with Crippen LogP contribution in [0.2, 0.25) is 0 Å². The minimum Gasteiger partial charge on any atom is -0.418 e. The number of hydrogen-bond donors (Lipinski definition) is 1. The highest BCUT2D eigenvalue weighted by Crippen LogP contribution is 2.25. The topological polar surface area (TPSA) is 68.0 Å². The largest absolute Gasteiger partial charge is 0.418 e. The molecule has 0 bridgehead atoms. The Kier molecular flexibility index (Phi) is 4.93. The lowest BCUT2D eigenvalue weighted by molar-refractivity contribution is 0.0938. The molecular formula is C22H16FN3O2. The zero-order valence-corrected chi connectivity index (χ0v) is 14.7. The smallest absolute Gasteiger partial charge is 0.252 e. The molecule has 4 aromatic rings. The first kappa shape index (κ1) is 17.6. The van der Waals surface area contributed by atoms with Crippen molar-refractivity contribution in [2.75, 3.05) is 0 Å². The van der Waals surface area contributed by atoms with E-state index in [1.54, 1.807) is 36.4 Å². The van der Waals surface area contributed by atoms with Crippen LogP contribution in [0.5, 0.6) is 0 Å². The molecule has 0 unspecified atom stereocenters. The van der Waals surface area contributed by atoms with E-state index in [9.17, 15) is 9.18 Å². The van der Waals surface area contributed by atoms with Gasteiger partial charge in [0.15, 0.2) is 0 Å². The number of hydrogen-bond acceptors (Lipinski definition) is 4. The van der Waals surface area contributed by atoms with Gasteiger partial charge in [-0.15, -0.1) is 10.2 Å². The number of carbonyl (C=O) groups is 1. The van der Waals surface area contributed by atoms with Crippen molar-refractivity contribution in [2.24, 2.45) is 0 Å². The molecular weight excluding hydrogens is 357 g/mol. The predicted octanol–water partition coefficient (Wildman–Crippen LogP) is 4.40. The van der Waals surface area contributed by atoms with Crippen LogP contribution >= 0.6 is 0 Å². The van der Waals surface area contributed by atoms with Crippen molar-refractivity contribution in [3.8, 4) is 11.5 Å². The highest BCUT2D eigenvalue weighted by molar-refractivity contribution is 5.94. The summed E-state index contributed by atoms with van der Waals surface area (Å²) < 4.78 is 19.2. The second kappa shape index (κ2) is 7.84. The summed E-state index contributed by atoms with van der Waals surface area (Å²) in [6, 6.07) is 23.2. The number of carbonyl (C=O) groups excluding carboxylic acids is 1. The van der Waals surface area contributed by atoms with Gasteiger partial charge >= 0.3 is 0 Å². The van der Waals surface area contributed by atoms with Gasteiger partial charge < -0.3 is 9.73 Å². The van der Waals surface area contributed by atoms with Crippen molar-refractivity contribution in [1.82, 2.24) is 15.5 Å². The fourth-order valence-corrected chi connectivity index (χ4v) is 2.80. The van der Waals surface area contributed by atoms with Crippen LogP contribution in [-0.4, -0.2) is 16.1 Å². The molecule has 3 aromatic carbocycles. The van der Waals surface area contributed by atoms with Crippen molar-refractivity contribution < 1.29 is 13.6 Å². The van der Waals surface area contributed by atoms with Gasteiger partial charge in [-0.2, -0.15) is 0 Å². The molecule has 1 atom stereocenters. The summed E-state index contributed by atoms with van der Waals surface area (Å²) in [4.78, 5) is 12.7. The maximum absolute atomic E-state index is 13.4. The van der Waals surface area contributed by atoms with Gasteiger partial charge in [0.25, 0.3) is 5.91 Å². The number of nitrogens with zero attached hydrogens (tertiary/aromatic N) is 2. The average molecular weight is 373 g/mol. The van der Waals surface area contributed by atoms with Crippen molar-refractivity contribution in [3.63, 3.8) is 0 Å². The quantitative estimate of drug-likeness (QED) is 0.563. The highest BCUT2D eigenvalue weighted by atomic mass is 19.1. The fourth-order valence-electron chi connectivity index (χ4n) is 2.80. The maximum Gasteiger partial charge on any atom is 0.252 e. The Balaban J connectivity index is 1.68. The molecule has 6 heteroatoms. The molecule has 0 aliphatic heterocycles. The lowest BCUT2D eigenvalue weighted by atomic mass is 10.1. The molecule has 0 saturated carbocycles. The van der Waals surface area contributed by atoms with E-state index in [1.807, 2.05) is 36.4 Å². The number of amides is 1. The van der Waals surface area contributed by atoms with Gasteiger partial charge in [0.05, 0.1) is 0 Å². The standard InChI is InChI=1S/C22H16FN3O2/c23-18-13-11-15(12-14-18)19(24-20(27)16-7-3-1-4-8-16)22-26-25-21(28-22)17-9-5-2-6-10-17/h1-14,19H,(H,24,27)/t19-/m0/s1. The zero-order valence-electron chi connectivity index (χ0n) is 14.7. The molecule has 0 aliphatic rings. The molecule has 4 rings (SSSR count). The van der Waals surface area contributed by atoms with Crippen molar-refractivity contribution in [2.45, 2.75) is 6.04 Å². The van der Waals surface area contributed by atoms with E-state index in [4.69, 9.17) is 4.42 Å². The monoisotopic (exact) mass is 373 g/mol. The Bertz CT molecular complexity index is 1060. The lowest BCUT2D eigenvalue weighted by Crippen LogP contribution is -2.29. The number of aromatic nitrogens is 2. The van der Waals surface area contributed by atoms with E-state index >= 15 is 0 Å². The van der Waals surface area contributed by atoms with E-state index in [-0.39, 0.29) is 17.6 Å². The van der Waals surface area contributed by atoms with Crippen LogP contribution in [0.4, 0.5) is 4.39 Å². The summed E-state index contributed by atoms with van der Waals surface area (Å²) in [5, 5.41) is 11.1. The first-order chi connectivity index (χ1) is 13.7. The minimum atomic E-state index is -0.710. The summed E-state index contributed by atoms with van der Waals surface area (Å²) in [7, 11) is 0. The van der Waals surface area contributed by atoms with Crippen LogP contribution in [0.3, 0.4) is 0 Å². The third kappa shape index (κ3) is 3.81. The van der Waals surface area contributed by atoms with Crippen LogP contribution in [0.1, 0.15) is 27.9 Å². The normalized spacial score (nSPS) is 11.8. The maximum atomic E-state index is 13.4. The van der Waals surface area contributed by atoms with Crippen LogP contribution in [0.25, 0.3) is 11.5 Å². The first-order valence-electron chi connectivity index (χ1n) is 8.71. The summed E-state index contributed by atoms with van der Waals surface area (Å²) >= 11 is 0. The number of rotatable bonds is 5. The Morgan fingerprint density at radius 2 is 1.50 bits per heavy atom. The van der Waals surface area contributed by atoms with E-state index in [2.05, 4.69) is 15.5 Å². The van der Waals surface area contributed by atoms with E-state index in [1.165, 1.54) is 12.1 Å². The minimum absolute atomic E-state index is 0.217. The Morgan fingerprint density at radius 3 is 2.18 bits per heavy atom. The van der Waals surface area contributed by atoms with Gasteiger partial charge in [-0.3, -0.25) is 4.79 Å². The molecule has 28 heavy (non-hydrogen) atoms. The lowest BCUT2D eigenvalue weighted by Gasteiger charge is -2.16. The molecule has 5 nitrogen and oxygen atoms in total. The Morgan fingerprint density at radius 1 is 0.857 bits per heavy atom. The molecule has 0 fully saturated rings. The third-order valence-corrected chi connectivity index (χ3v) is 4.22. The van der Waals surface area contributed by atoms with Gasteiger partial charge in [0.1, 0.15) is 11.9 Å². The van der Waals surface area contributed by atoms with E-state index < -0.39 is 6.04 Å². The van der Waals surface area contributed by atoms with Crippen LogP contribution in [0.15, 0.2) is 89.3 Å². The van der Waals surface area contributed by atoms with Crippen LogP contribution in [-0.2, 0) is 0 Å². The molecule has 1 aromatic heterocycles. The van der Waals surface area contributed by atoms with Gasteiger partial charge in [0.2, 0.25) is 11.8 Å². The third-order valence-electron chi connectivity index (χ3n) is 4.22. The molecule has 0 saturated heterocycles. The molecule has 1 N–H and O–H groups in total. The van der Waals surface area contributed by atoms with Crippen LogP contribution in [0, 0.1) is 5.82 Å². The second-order valence-electron chi connectivity index (χ2n) is 6.14. The zero-order chi connectivity index (χ0) is 19.3. The molecule has 0 spiro atoms. The number of benzene rings is 3. The Labute approximate surface area is 160 Å². The van der Waals surface area contributed by atoms with Crippen molar-refractivity contribution in [3.05, 3.63) is 108 Å². The Hall–Kier alpha value is -3.80. The van der Waals surface area contributed by atoms with Gasteiger partial charge in [0, 0.05) is 11.1 Å². The molecule has 1 amide bonds. The summed E-state index contributed by atoms with van der Waals surface area (Å²) in [6.45, 7) is 0. The van der Waals surface area contributed by atoms with Crippen molar-refractivity contribution >= 4 is 5.91 Å². The van der Waals surface area contributed by atoms with Crippen molar-refractivity contribution in [1.29, 1.82) is 0 Å². The second-order valence-corrected chi connectivity index (χ2v) is 6.14. The van der Waals surface area contributed by atoms with Gasteiger partial charge in [-0.05, 0) is 42.0 Å². The molecule has 1 heterocycles. The van der Waals surface area contributed by atoms with E-state index in [0.29, 0.717) is 17.0 Å². The molecule has 0 aliphatic carbocycles. The molecule has 0 radical (unpaired) electrons. The highest BCUT2D eigenvalue weighted by Gasteiger charge is 2.24. The number of halogens is 1.